The van der Waals surface area contributed by atoms with Gasteiger partial charge in [0.1, 0.15) is 12.4 Å². The van der Waals surface area contributed by atoms with Gasteiger partial charge in [-0.3, -0.25) is 0 Å². The Morgan fingerprint density at radius 1 is 1.06 bits per heavy atom. The van der Waals surface area contributed by atoms with Crippen LogP contribution in [0.15, 0.2) is 58.4 Å². The van der Waals surface area contributed by atoms with Gasteiger partial charge in [0.15, 0.2) is 11.6 Å². The van der Waals surface area contributed by atoms with Crippen molar-refractivity contribution in [2.24, 2.45) is 10.4 Å². The molecule has 1 saturated heterocycles. The SMILES string of the molecule is O=S(=O)(c1ccc2c(c1)c(O)c1n2CC2(C=N1)CCCCC2)N1CCC[C@H]1COc1ccccc1. The number of ether oxygens (including phenoxy) is 1. The van der Waals surface area contributed by atoms with E-state index in [4.69, 9.17) is 4.74 Å². The fraction of sp³-hybridized carbons (Fsp3) is 0.444. The maximum atomic E-state index is 13.6. The van der Waals surface area contributed by atoms with Crippen LogP contribution in [-0.2, 0) is 16.6 Å². The highest BCUT2D eigenvalue weighted by Gasteiger charge is 2.38. The Labute approximate surface area is 206 Å². The molecule has 1 aromatic heterocycles. The lowest BCUT2D eigenvalue weighted by atomic mass is 9.74. The number of benzene rings is 2. The van der Waals surface area contributed by atoms with Gasteiger partial charge in [-0.15, -0.1) is 0 Å². The van der Waals surface area contributed by atoms with Crippen molar-refractivity contribution in [3.63, 3.8) is 0 Å². The first kappa shape index (κ1) is 22.6. The van der Waals surface area contributed by atoms with Gasteiger partial charge in [-0.05, 0) is 56.0 Å². The summed E-state index contributed by atoms with van der Waals surface area (Å²) in [6, 6.07) is 14.4. The molecule has 0 unspecified atom stereocenters. The van der Waals surface area contributed by atoms with Crippen LogP contribution in [-0.4, -0.2) is 47.8 Å². The Balaban J connectivity index is 1.29. The largest absolute Gasteiger partial charge is 0.504 e. The average Bonchev–Trinajstić information content (AvgIpc) is 3.47. The third kappa shape index (κ3) is 3.93. The molecule has 1 atom stereocenters. The number of para-hydroxylation sites is 1. The second-order valence-electron chi connectivity index (χ2n) is 10.2. The number of aromatic nitrogens is 1. The predicted octanol–water partition coefficient (Wildman–Crippen LogP) is 5.25. The Kier molecular flexibility index (Phi) is 5.60. The van der Waals surface area contributed by atoms with Crippen LogP contribution in [0.4, 0.5) is 5.82 Å². The van der Waals surface area contributed by atoms with Crippen molar-refractivity contribution < 1.29 is 18.3 Å². The first-order valence-corrected chi connectivity index (χ1v) is 14.0. The first-order valence-electron chi connectivity index (χ1n) is 12.6. The zero-order valence-corrected chi connectivity index (χ0v) is 20.6. The fourth-order valence-corrected chi connectivity index (χ4v) is 7.69. The lowest BCUT2D eigenvalue weighted by Gasteiger charge is -2.36. The number of sulfonamides is 1. The van der Waals surface area contributed by atoms with Gasteiger partial charge in [0, 0.05) is 30.1 Å². The monoisotopic (exact) mass is 493 g/mol. The van der Waals surface area contributed by atoms with E-state index in [0.717, 1.165) is 43.5 Å². The van der Waals surface area contributed by atoms with E-state index in [1.165, 1.54) is 19.3 Å². The van der Waals surface area contributed by atoms with Crippen molar-refractivity contribution in [1.29, 1.82) is 0 Å². The van der Waals surface area contributed by atoms with Crippen molar-refractivity contribution in [3.05, 3.63) is 48.5 Å². The number of rotatable bonds is 5. The van der Waals surface area contributed by atoms with Crippen LogP contribution < -0.4 is 4.74 Å². The number of aliphatic imine (C=N–C) groups is 1. The Bertz CT molecular complexity index is 1370. The minimum Gasteiger partial charge on any atom is -0.504 e. The molecule has 1 aliphatic carbocycles. The molecule has 3 aliphatic rings. The van der Waals surface area contributed by atoms with E-state index >= 15 is 0 Å². The molecule has 1 N–H and O–H groups in total. The van der Waals surface area contributed by atoms with Gasteiger partial charge >= 0.3 is 0 Å². The average molecular weight is 494 g/mol. The summed E-state index contributed by atoms with van der Waals surface area (Å²) >= 11 is 0. The minimum absolute atomic E-state index is 0.0376. The molecule has 2 aromatic carbocycles. The molecule has 3 aromatic rings. The summed E-state index contributed by atoms with van der Waals surface area (Å²) in [4.78, 5) is 4.85. The number of hydrogen-bond acceptors (Lipinski definition) is 5. The van der Waals surface area contributed by atoms with E-state index in [0.29, 0.717) is 24.4 Å². The topological polar surface area (TPSA) is 84.1 Å². The first-order chi connectivity index (χ1) is 17.0. The molecule has 1 saturated carbocycles. The molecule has 6 rings (SSSR count). The minimum atomic E-state index is -3.73. The Morgan fingerprint density at radius 3 is 2.66 bits per heavy atom. The third-order valence-electron chi connectivity index (χ3n) is 7.88. The van der Waals surface area contributed by atoms with Crippen molar-refractivity contribution in [3.8, 4) is 11.5 Å². The molecule has 0 bridgehead atoms. The summed E-state index contributed by atoms with van der Waals surface area (Å²) in [5.41, 5.74) is 0.874. The summed E-state index contributed by atoms with van der Waals surface area (Å²) in [6.45, 7) is 1.56. The van der Waals surface area contributed by atoms with Crippen molar-refractivity contribution in [2.75, 3.05) is 13.2 Å². The van der Waals surface area contributed by atoms with Gasteiger partial charge in [0.05, 0.1) is 16.5 Å². The van der Waals surface area contributed by atoms with E-state index in [-0.39, 0.29) is 22.1 Å². The van der Waals surface area contributed by atoms with Gasteiger partial charge in [-0.1, -0.05) is 37.5 Å². The van der Waals surface area contributed by atoms with E-state index in [1.807, 2.05) is 42.6 Å². The summed E-state index contributed by atoms with van der Waals surface area (Å²) in [7, 11) is -3.73. The number of nitrogens with zero attached hydrogens (tertiary/aromatic N) is 3. The molecule has 2 aliphatic heterocycles. The number of hydrogen-bond donors (Lipinski definition) is 1. The zero-order chi connectivity index (χ0) is 24.0. The van der Waals surface area contributed by atoms with Crippen molar-refractivity contribution in [1.82, 2.24) is 8.87 Å². The van der Waals surface area contributed by atoms with Crippen LogP contribution in [0.25, 0.3) is 10.9 Å². The van der Waals surface area contributed by atoms with E-state index in [1.54, 1.807) is 16.4 Å². The normalized spacial score (nSPS) is 22.0. The summed E-state index contributed by atoms with van der Waals surface area (Å²) < 4.78 is 36.8. The third-order valence-corrected chi connectivity index (χ3v) is 9.83. The van der Waals surface area contributed by atoms with Crippen LogP contribution in [0.3, 0.4) is 0 Å². The molecule has 7 nitrogen and oxygen atoms in total. The quantitative estimate of drug-likeness (QED) is 0.526. The standard InChI is InChI=1S/C27H31N3O4S/c31-25-23-16-22(11-12-24(23)29-19-27(18-28-26(25)29)13-5-2-6-14-27)35(32,33)30-15-7-8-20(30)17-34-21-9-3-1-4-10-21/h1,3-4,9-12,16,18,20,31H,2,5-8,13-15,17,19H2/t20-/m0/s1. The van der Waals surface area contributed by atoms with Crippen LogP contribution in [0.1, 0.15) is 44.9 Å². The van der Waals surface area contributed by atoms with Gasteiger partial charge in [-0.25, -0.2) is 13.4 Å². The molecule has 1 spiro atoms. The second-order valence-corrected chi connectivity index (χ2v) is 12.0. The van der Waals surface area contributed by atoms with Crippen molar-refractivity contribution in [2.45, 2.75) is 62.4 Å². The highest BCUT2D eigenvalue weighted by molar-refractivity contribution is 7.89. The van der Waals surface area contributed by atoms with Crippen LogP contribution in [0.5, 0.6) is 11.5 Å². The molecule has 0 amide bonds. The van der Waals surface area contributed by atoms with Gasteiger partial charge < -0.3 is 14.4 Å². The zero-order valence-electron chi connectivity index (χ0n) is 19.8. The summed E-state index contributed by atoms with van der Waals surface area (Å²) in [5, 5.41) is 11.5. The Morgan fingerprint density at radius 2 is 1.86 bits per heavy atom. The van der Waals surface area contributed by atoms with Gasteiger partial charge in [0.25, 0.3) is 0 Å². The molecule has 3 heterocycles. The molecule has 35 heavy (non-hydrogen) atoms. The van der Waals surface area contributed by atoms with Gasteiger partial charge in [0.2, 0.25) is 10.0 Å². The smallest absolute Gasteiger partial charge is 0.243 e. The maximum Gasteiger partial charge on any atom is 0.243 e. The van der Waals surface area contributed by atoms with Gasteiger partial charge in [-0.2, -0.15) is 4.31 Å². The lowest BCUT2D eigenvalue weighted by Crippen LogP contribution is -2.39. The highest BCUT2D eigenvalue weighted by atomic mass is 32.2. The number of fused-ring (bicyclic) bond motifs is 3. The molecule has 184 valence electrons. The fourth-order valence-electron chi connectivity index (χ4n) is 5.99. The van der Waals surface area contributed by atoms with Crippen LogP contribution >= 0.6 is 0 Å². The predicted molar refractivity (Wildman–Crippen MR) is 136 cm³/mol. The van der Waals surface area contributed by atoms with E-state index in [9.17, 15) is 13.5 Å². The van der Waals surface area contributed by atoms with Crippen molar-refractivity contribution >= 4 is 33.0 Å². The summed E-state index contributed by atoms with van der Waals surface area (Å²) in [6.07, 6.45) is 9.44. The highest BCUT2D eigenvalue weighted by Crippen LogP contribution is 2.47. The molecular weight excluding hydrogens is 462 g/mol. The van der Waals surface area contributed by atoms with E-state index in [2.05, 4.69) is 9.56 Å². The molecule has 8 heteroatoms. The molecule has 0 radical (unpaired) electrons. The van der Waals surface area contributed by atoms with E-state index < -0.39 is 10.0 Å². The summed E-state index contributed by atoms with van der Waals surface area (Å²) in [5.74, 6) is 1.32. The Hall–Kier alpha value is -2.84. The molecule has 2 fully saturated rings. The lowest BCUT2D eigenvalue weighted by molar-refractivity contribution is 0.232. The van der Waals surface area contributed by atoms with Crippen LogP contribution in [0.2, 0.25) is 0 Å². The molecular formula is C27H31N3O4S. The number of aromatic hydroxyl groups is 1. The maximum absolute atomic E-state index is 13.6. The van der Waals surface area contributed by atoms with Crippen LogP contribution in [0, 0.1) is 5.41 Å². The second kappa shape index (κ2) is 8.68.